The van der Waals surface area contributed by atoms with Crippen LogP contribution in [0.1, 0.15) is 25.0 Å². The van der Waals surface area contributed by atoms with Crippen LogP contribution in [-0.4, -0.2) is 19.3 Å². The second kappa shape index (κ2) is 5.32. The molecule has 0 aromatic heterocycles. The molecule has 0 saturated carbocycles. The Labute approximate surface area is 102 Å². The lowest BCUT2D eigenvalue weighted by Gasteiger charge is -2.30. The van der Waals surface area contributed by atoms with Gasteiger partial charge in [-0.2, -0.15) is 0 Å². The van der Waals surface area contributed by atoms with E-state index in [-0.39, 0.29) is 0 Å². The second-order valence-electron chi connectivity index (χ2n) is 3.93. The standard InChI is InChI=1S/C12H19O4P/c1-5-10-6-8-11(9-7-10)12(2,13)17(14,15-3)16-4/h6-9,13H,5H2,1-4H3/t12-/m0/s1. The SMILES string of the molecule is CCc1ccc([C@@](C)(O)P(=O)(OC)OC)cc1. The molecule has 17 heavy (non-hydrogen) atoms. The van der Waals surface area contributed by atoms with Crippen LogP contribution in [0, 0.1) is 0 Å². The second-order valence-corrected chi connectivity index (χ2v) is 6.53. The van der Waals surface area contributed by atoms with Crippen LogP contribution in [0.25, 0.3) is 0 Å². The third-order valence-electron chi connectivity index (χ3n) is 2.92. The van der Waals surface area contributed by atoms with E-state index in [9.17, 15) is 9.67 Å². The van der Waals surface area contributed by atoms with Gasteiger partial charge in [-0.3, -0.25) is 4.57 Å². The van der Waals surface area contributed by atoms with Gasteiger partial charge in [0.05, 0.1) is 0 Å². The number of hydrogen-bond acceptors (Lipinski definition) is 4. The minimum atomic E-state index is -3.57. The lowest BCUT2D eigenvalue weighted by atomic mass is 10.1. The molecule has 1 N–H and O–H groups in total. The first-order valence-corrected chi connectivity index (χ1v) is 6.99. The lowest BCUT2D eigenvalue weighted by molar-refractivity contribution is 0.0932. The molecule has 4 nitrogen and oxygen atoms in total. The molecule has 1 rings (SSSR count). The van der Waals surface area contributed by atoms with Crippen molar-refractivity contribution in [3.8, 4) is 0 Å². The molecule has 0 amide bonds. The van der Waals surface area contributed by atoms with E-state index in [4.69, 9.17) is 9.05 Å². The van der Waals surface area contributed by atoms with E-state index in [1.165, 1.54) is 21.1 Å². The predicted octanol–water partition coefficient (Wildman–Crippen LogP) is 2.90. The molecule has 0 saturated heterocycles. The van der Waals surface area contributed by atoms with Gasteiger partial charge in [-0.05, 0) is 24.5 Å². The normalized spacial score (nSPS) is 15.6. The summed E-state index contributed by atoms with van der Waals surface area (Å²) in [6, 6.07) is 7.26. The molecule has 0 radical (unpaired) electrons. The molecule has 1 atom stereocenters. The Bertz CT molecular complexity index is 403. The quantitative estimate of drug-likeness (QED) is 0.825. The highest BCUT2D eigenvalue weighted by molar-refractivity contribution is 7.54. The molecule has 0 aliphatic heterocycles. The van der Waals surface area contributed by atoms with Crippen LogP contribution in [0.4, 0.5) is 0 Å². The van der Waals surface area contributed by atoms with E-state index in [2.05, 4.69) is 0 Å². The summed E-state index contributed by atoms with van der Waals surface area (Å²) < 4.78 is 21.9. The van der Waals surface area contributed by atoms with E-state index in [1.54, 1.807) is 12.1 Å². The average Bonchev–Trinajstić information content (AvgIpc) is 2.37. The molecule has 1 aromatic rings. The Morgan fingerprint density at radius 2 is 1.71 bits per heavy atom. The zero-order valence-corrected chi connectivity index (χ0v) is 11.5. The molecular weight excluding hydrogens is 239 g/mol. The van der Waals surface area contributed by atoms with Crippen molar-refractivity contribution in [2.24, 2.45) is 0 Å². The largest absolute Gasteiger partial charge is 0.373 e. The van der Waals surface area contributed by atoms with Crippen molar-refractivity contribution >= 4 is 7.60 Å². The average molecular weight is 258 g/mol. The van der Waals surface area contributed by atoms with Crippen LogP contribution in [-0.2, 0) is 25.4 Å². The van der Waals surface area contributed by atoms with E-state index >= 15 is 0 Å². The van der Waals surface area contributed by atoms with Gasteiger partial charge < -0.3 is 14.2 Å². The first-order chi connectivity index (χ1) is 7.91. The highest BCUT2D eigenvalue weighted by Crippen LogP contribution is 2.62. The summed E-state index contributed by atoms with van der Waals surface area (Å²) in [6.07, 6.45) is 0.911. The van der Waals surface area contributed by atoms with Crippen molar-refractivity contribution in [1.29, 1.82) is 0 Å². The monoisotopic (exact) mass is 258 g/mol. The number of benzene rings is 1. The molecule has 0 spiro atoms. The summed E-state index contributed by atoms with van der Waals surface area (Å²) >= 11 is 0. The first kappa shape index (κ1) is 14.4. The van der Waals surface area contributed by atoms with Crippen LogP contribution in [0.3, 0.4) is 0 Å². The topological polar surface area (TPSA) is 55.8 Å². The van der Waals surface area contributed by atoms with Crippen LogP contribution in [0.5, 0.6) is 0 Å². The van der Waals surface area contributed by atoms with Gasteiger partial charge in [0.25, 0.3) is 0 Å². The highest BCUT2D eigenvalue weighted by Gasteiger charge is 2.46. The molecule has 0 aliphatic rings. The zero-order chi connectivity index (χ0) is 13.1. The summed E-state index contributed by atoms with van der Waals surface area (Å²) in [5.41, 5.74) is 1.66. The third-order valence-corrected chi connectivity index (χ3v) is 5.21. The van der Waals surface area contributed by atoms with Gasteiger partial charge in [0.2, 0.25) is 0 Å². The van der Waals surface area contributed by atoms with Gasteiger partial charge in [0, 0.05) is 14.2 Å². The van der Waals surface area contributed by atoms with Gasteiger partial charge >= 0.3 is 7.60 Å². The van der Waals surface area contributed by atoms with Crippen molar-refractivity contribution < 1.29 is 18.7 Å². The molecule has 0 fully saturated rings. The fourth-order valence-electron chi connectivity index (χ4n) is 1.64. The Morgan fingerprint density at radius 1 is 1.24 bits per heavy atom. The number of aryl methyl sites for hydroxylation is 1. The van der Waals surface area contributed by atoms with Crippen molar-refractivity contribution in [3.05, 3.63) is 35.4 Å². The van der Waals surface area contributed by atoms with Crippen LogP contribution >= 0.6 is 7.60 Å². The first-order valence-electron chi connectivity index (χ1n) is 5.44. The maximum atomic E-state index is 12.2. The number of hydrogen-bond donors (Lipinski definition) is 1. The van der Waals surface area contributed by atoms with Crippen LogP contribution in [0.2, 0.25) is 0 Å². The number of rotatable bonds is 5. The molecule has 0 bridgehead atoms. The predicted molar refractivity (Wildman–Crippen MR) is 67.0 cm³/mol. The minimum absolute atomic E-state index is 0.515. The molecule has 0 heterocycles. The van der Waals surface area contributed by atoms with Crippen molar-refractivity contribution in [2.45, 2.75) is 25.6 Å². The summed E-state index contributed by atoms with van der Waals surface area (Å²) in [4.78, 5) is 0. The van der Waals surface area contributed by atoms with Crippen molar-refractivity contribution in [1.82, 2.24) is 0 Å². The Balaban J connectivity index is 3.15. The van der Waals surface area contributed by atoms with Crippen LogP contribution < -0.4 is 0 Å². The fourth-order valence-corrected chi connectivity index (χ4v) is 2.97. The van der Waals surface area contributed by atoms with E-state index < -0.39 is 12.9 Å². The Morgan fingerprint density at radius 3 is 2.06 bits per heavy atom. The lowest BCUT2D eigenvalue weighted by Crippen LogP contribution is -2.23. The zero-order valence-electron chi connectivity index (χ0n) is 10.6. The van der Waals surface area contributed by atoms with E-state index in [0.717, 1.165) is 12.0 Å². The highest BCUT2D eigenvalue weighted by atomic mass is 31.2. The fraction of sp³-hybridized carbons (Fsp3) is 0.500. The van der Waals surface area contributed by atoms with Gasteiger partial charge in [-0.25, -0.2) is 0 Å². The third kappa shape index (κ3) is 2.61. The molecule has 1 aromatic carbocycles. The van der Waals surface area contributed by atoms with E-state index in [0.29, 0.717) is 5.56 Å². The molecule has 96 valence electrons. The van der Waals surface area contributed by atoms with Gasteiger partial charge in [0.1, 0.15) is 0 Å². The minimum Gasteiger partial charge on any atom is -0.373 e. The van der Waals surface area contributed by atoms with Crippen molar-refractivity contribution in [3.63, 3.8) is 0 Å². The summed E-state index contributed by atoms with van der Waals surface area (Å²) in [7, 11) is -1.05. The van der Waals surface area contributed by atoms with Crippen LogP contribution in [0.15, 0.2) is 24.3 Å². The Kier molecular flexibility index (Phi) is 4.50. The summed E-state index contributed by atoms with van der Waals surface area (Å²) in [5, 5.41) is 8.71. The molecular formula is C12H19O4P. The molecule has 0 unspecified atom stereocenters. The van der Waals surface area contributed by atoms with Gasteiger partial charge in [0.15, 0.2) is 5.34 Å². The van der Waals surface area contributed by atoms with E-state index in [1.807, 2.05) is 19.1 Å². The van der Waals surface area contributed by atoms with Crippen molar-refractivity contribution in [2.75, 3.05) is 14.2 Å². The summed E-state index contributed by atoms with van der Waals surface area (Å²) in [5.74, 6) is 0. The summed E-state index contributed by atoms with van der Waals surface area (Å²) in [6.45, 7) is 3.48. The van der Waals surface area contributed by atoms with Gasteiger partial charge in [-0.15, -0.1) is 0 Å². The van der Waals surface area contributed by atoms with Gasteiger partial charge in [-0.1, -0.05) is 31.2 Å². The maximum absolute atomic E-state index is 12.2. The smallest absolute Gasteiger partial charge is 0.365 e. The Hall–Kier alpha value is -0.670. The molecule has 0 aliphatic carbocycles. The molecule has 5 heteroatoms. The number of aliphatic hydroxyl groups is 1. The maximum Gasteiger partial charge on any atom is 0.365 e.